The van der Waals surface area contributed by atoms with Crippen LogP contribution in [-0.2, 0) is 6.42 Å². The van der Waals surface area contributed by atoms with Gasteiger partial charge in [0.2, 0.25) is 0 Å². The Morgan fingerprint density at radius 2 is 2.14 bits per heavy atom. The number of fused-ring (bicyclic) bond motifs is 1. The van der Waals surface area contributed by atoms with E-state index in [1.54, 1.807) is 6.20 Å². The minimum Gasteiger partial charge on any atom is -0.298 e. The van der Waals surface area contributed by atoms with Crippen molar-refractivity contribution < 1.29 is 4.79 Å². The van der Waals surface area contributed by atoms with Crippen LogP contribution in [-0.4, -0.2) is 11.3 Å². The predicted molar refractivity (Wildman–Crippen MR) is 56.5 cm³/mol. The number of para-hydroxylation sites is 1. The van der Waals surface area contributed by atoms with Crippen molar-refractivity contribution in [3.05, 3.63) is 41.6 Å². The van der Waals surface area contributed by atoms with E-state index in [9.17, 15) is 4.79 Å². The molecule has 0 aliphatic carbocycles. The third-order valence-electron chi connectivity index (χ3n) is 2.40. The summed E-state index contributed by atoms with van der Waals surface area (Å²) in [6.07, 6.45) is 3.54. The number of aryl methyl sites for hydroxylation is 1. The second kappa shape index (κ2) is 3.58. The molecule has 1 heterocycles. The summed E-state index contributed by atoms with van der Waals surface area (Å²) < 4.78 is 0. The molecule has 0 amide bonds. The fourth-order valence-corrected chi connectivity index (χ4v) is 1.62. The van der Waals surface area contributed by atoms with Crippen molar-refractivity contribution >= 4 is 17.2 Å². The minimum atomic E-state index is 0.776. The third kappa shape index (κ3) is 1.29. The second-order valence-corrected chi connectivity index (χ2v) is 3.19. The molecule has 0 bridgehead atoms. The average molecular weight is 185 g/mol. The Morgan fingerprint density at radius 1 is 1.36 bits per heavy atom. The molecule has 0 unspecified atom stereocenters. The minimum absolute atomic E-state index is 0.776. The molecule has 2 rings (SSSR count). The van der Waals surface area contributed by atoms with Crippen LogP contribution in [0.2, 0.25) is 0 Å². The van der Waals surface area contributed by atoms with Gasteiger partial charge >= 0.3 is 0 Å². The molecule has 70 valence electrons. The standard InChI is InChI=1S/C12H11NO/c1-2-9-7-13-12-6-4-3-5-10(12)11(9)8-14/h3-8H,2H2,1H3. The number of carbonyl (C=O) groups is 1. The molecule has 1 aromatic heterocycles. The van der Waals surface area contributed by atoms with Gasteiger partial charge < -0.3 is 0 Å². The predicted octanol–water partition coefficient (Wildman–Crippen LogP) is 2.61. The number of pyridine rings is 1. The van der Waals surface area contributed by atoms with Crippen molar-refractivity contribution in [3.8, 4) is 0 Å². The fraction of sp³-hybridized carbons (Fsp3) is 0.167. The van der Waals surface area contributed by atoms with Crippen molar-refractivity contribution in [3.63, 3.8) is 0 Å². The molecule has 0 N–H and O–H groups in total. The van der Waals surface area contributed by atoms with Gasteiger partial charge in [-0.15, -0.1) is 0 Å². The van der Waals surface area contributed by atoms with E-state index >= 15 is 0 Å². The SMILES string of the molecule is CCc1cnc2ccccc2c1C=O. The summed E-state index contributed by atoms with van der Waals surface area (Å²) in [6, 6.07) is 7.71. The number of hydrogen-bond acceptors (Lipinski definition) is 2. The molecule has 0 saturated carbocycles. The van der Waals surface area contributed by atoms with Crippen molar-refractivity contribution in [1.29, 1.82) is 0 Å². The van der Waals surface area contributed by atoms with E-state index in [0.717, 1.165) is 34.7 Å². The van der Waals surface area contributed by atoms with Gasteiger partial charge in [-0.3, -0.25) is 9.78 Å². The number of rotatable bonds is 2. The van der Waals surface area contributed by atoms with Crippen LogP contribution in [0.5, 0.6) is 0 Å². The van der Waals surface area contributed by atoms with Crippen LogP contribution in [0.15, 0.2) is 30.5 Å². The monoisotopic (exact) mass is 185 g/mol. The molecular formula is C12H11NO. The van der Waals surface area contributed by atoms with Gasteiger partial charge in [0.25, 0.3) is 0 Å². The zero-order valence-electron chi connectivity index (χ0n) is 8.03. The lowest BCUT2D eigenvalue weighted by Crippen LogP contribution is -1.94. The third-order valence-corrected chi connectivity index (χ3v) is 2.40. The summed E-state index contributed by atoms with van der Waals surface area (Å²) in [5, 5.41) is 0.946. The topological polar surface area (TPSA) is 30.0 Å². The molecule has 0 saturated heterocycles. The molecule has 2 nitrogen and oxygen atoms in total. The van der Waals surface area contributed by atoms with Crippen molar-refractivity contribution in [1.82, 2.24) is 4.98 Å². The largest absolute Gasteiger partial charge is 0.298 e. The Labute approximate surface area is 82.6 Å². The quantitative estimate of drug-likeness (QED) is 0.673. The zero-order valence-corrected chi connectivity index (χ0v) is 8.03. The maximum absolute atomic E-state index is 11.0. The Balaban J connectivity index is 2.83. The number of benzene rings is 1. The number of aldehydes is 1. The van der Waals surface area contributed by atoms with Gasteiger partial charge in [-0.1, -0.05) is 25.1 Å². The van der Waals surface area contributed by atoms with E-state index in [-0.39, 0.29) is 0 Å². The zero-order chi connectivity index (χ0) is 9.97. The normalized spacial score (nSPS) is 10.4. The van der Waals surface area contributed by atoms with Gasteiger partial charge in [0, 0.05) is 17.1 Å². The van der Waals surface area contributed by atoms with E-state index in [1.807, 2.05) is 31.2 Å². The highest BCUT2D eigenvalue weighted by atomic mass is 16.1. The molecule has 0 radical (unpaired) electrons. The smallest absolute Gasteiger partial charge is 0.151 e. The second-order valence-electron chi connectivity index (χ2n) is 3.19. The maximum Gasteiger partial charge on any atom is 0.151 e. The average Bonchev–Trinajstić information content (AvgIpc) is 2.27. The van der Waals surface area contributed by atoms with E-state index in [4.69, 9.17) is 0 Å². The van der Waals surface area contributed by atoms with Crippen LogP contribution >= 0.6 is 0 Å². The van der Waals surface area contributed by atoms with Crippen molar-refractivity contribution in [2.45, 2.75) is 13.3 Å². The van der Waals surface area contributed by atoms with Crippen LogP contribution in [0.25, 0.3) is 10.9 Å². The summed E-state index contributed by atoms with van der Waals surface area (Å²) in [5.41, 5.74) is 2.67. The Morgan fingerprint density at radius 3 is 2.86 bits per heavy atom. The van der Waals surface area contributed by atoms with Gasteiger partial charge in [0.05, 0.1) is 5.52 Å². The van der Waals surface area contributed by atoms with Gasteiger partial charge in [-0.05, 0) is 18.1 Å². The summed E-state index contributed by atoms with van der Waals surface area (Å²) in [5.74, 6) is 0. The molecule has 0 spiro atoms. The first-order chi connectivity index (χ1) is 6.86. The number of aromatic nitrogens is 1. The maximum atomic E-state index is 11.0. The molecular weight excluding hydrogens is 174 g/mol. The molecule has 2 aromatic rings. The van der Waals surface area contributed by atoms with E-state index in [0.29, 0.717) is 0 Å². The summed E-state index contributed by atoms with van der Waals surface area (Å²) in [7, 11) is 0. The van der Waals surface area contributed by atoms with Gasteiger partial charge in [0.1, 0.15) is 0 Å². The van der Waals surface area contributed by atoms with Crippen LogP contribution in [0.4, 0.5) is 0 Å². The van der Waals surface area contributed by atoms with Crippen LogP contribution in [0, 0.1) is 0 Å². The summed E-state index contributed by atoms with van der Waals surface area (Å²) >= 11 is 0. The van der Waals surface area contributed by atoms with Crippen molar-refractivity contribution in [2.24, 2.45) is 0 Å². The number of hydrogen-bond donors (Lipinski definition) is 0. The first-order valence-corrected chi connectivity index (χ1v) is 4.68. The lowest BCUT2D eigenvalue weighted by atomic mass is 10.0. The Hall–Kier alpha value is -1.70. The van der Waals surface area contributed by atoms with Crippen LogP contribution < -0.4 is 0 Å². The lowest BCUT2D eigenvalue weighted by Gasteiger charge is -2.04. The van der Waals surface area contributed by atoms with Crippen LogP contribution in [0.3, 0.4) is 0 Å². The highest BCUT2D eigenvalue weighted by molar-refractivity contribution is 5.97. The van der Waals surface area contributed by atoms with Crippen molar-refractivity contribution in [2.75, 3.05) is 0 Å². The first-order valence-electron chi connectivity index (χ1n) is 4.68. The first kappa shape index (κ1) is 8.88. The lowest BCUT2D eigenvalue weighted by molar-refractivity contribution is 0.112. The molecule has 0 fully saturated rings. The van der Waals surface area contributed by atoms with E-state index < -0.39 is 0 Å². The van der Waals surface area contributed by atoms with E-state index in [2.05, 4.69) is 4.98 Å². The van der Waals surface area contributed by atoms with Crippen LogP contribution in [0.1, 0.15) is 22.8 Å². The molecule has 0 aliphatic heterocycles. The number of carbonyl (C=O) groups excluding carboxylic acids is 1. The summed E-state index contributed by atoms with van der Waals surface area (Å²) in [6.45, 7) is 2.03. The summed E-state index contributed by atoms with van der Waals surface area (Å²) in [4.78, 5) is 15.3. The molecule has 1 aromatic carbocycles. The highest BCUT2D eigenvalue weighted by Gasteiger charge is 2.05. The Kier molecular flexibility index (Phi) is 2.27. The van der Waals surface area contributed by atoms with Gasteiger partial charge in [-0.25, -0.2) is 0 Å². The van der Waals surface area contributed by atoms with Gasteiger partial charge in [-0.2, -0.15) is 0 Å². The van der Waals surface area contributed by atoms with Gasteiger partial charge in [0.15, 0.2) is 6.29 Å². The fourth-order valence-electron chi connectivity index (χ4n) is 1.62. The molecule has 2 heteroatoms. The number of nitrogens with zero attached hydrogens (tertiary/aromatic N) is 1. The van der Waals surface area contributed by atoms with E-state index in [1.165, 1.54) is 0 Å². The molecule has 0 aliphatic rings. The molecule has 14 heavy (non-hydrogen) atoms. The Bertz CT molecular complexity index is 477. The molecule has 0 atom stereocenters. The highest BCUT2D eigenvalue weighted by Crippen LogP contribution is 2.18.